The molecule has 4 rings (SSSR count). The smallest absolute Gasteiger partial charge is 0.266 e. The Morgan fingerprint density at radius 2 is 1.59 bits per heavy atom. The Balaban J connectivity index is 1.48. The standard InChI is InChI=1S/C31H24BrClN2O4/c1-37-30-15-22(7-13-29(30)39-19-21-5-3-2-4-6-21)20-38-28-14-8-25(32)17-23(28)16-24(18-34)31(36)35-27-11-9-26(33)10-12-27/h2-17H,19-20H2,1H3,(H,35,36)/b24-16-. The van der Waals surface area contributed by atoms with E-state index < -0.39 is 5.91 Å². The second kappa shape index (κ2) is 13.5. The molecule has 4 aromatic carbocycles. The van der Waals surface area contributed by atoms with Gasteiger partial charge in [0.15, 0.2) is 11.5 Å². The van der Waals surface area contributed by atoms with Gasteiger partial charge in [0.25, 0.3) is 5.91 Å². The van der Waals surface area contributed by atoms with Crippen molar-refractivity contribution in [3.8, 4) is 23.3 Å². The average Bonchev–Trinajstić information content (AvgIpc) is 2.96. The summed E-state index contributed by atoms with van der Waals surface area (Å²) in [5, 5.41) is 12.9. The van der Waals surface area contributed by atoms with Crippen LogP contribution in [0.4, 0.5) is 5.69 Å². The molecule has 0 atom stereocenters. The van der Waals surface area contributed by atoms with Crippen molar-refractivity contribution in [3.05, 3.63) is 123 Å². The van der Waals surface area contributed by atoms with Crippen molar-refractivity contribution in [3.63, 3.8) is 0 Å². The maximum Gasteiger partial charge on any atom is 0.266 e. The number of benzene rings is 4. The van der Waals surface area contributed by atoms with E-state index in [4.69, 9.17) is 25.8 Å². The van der Waals surface area contributed by atoms with Gasteiger partial charge in [0.05, 0.1) is 7.11 Å². The van der Waals surface area contributed by atoms with Crippen LogP contribution in [0.3, 0.4) is 0 Å². The van der Waals surface area contributed by atoms with E-state index in [1.165, 1.54) is 6.08 Å². The number of hydrogen-bond acceptors (Lipinski definition) is 5. The summed E-state index contributed by atoms with van der Waals surface area (Å²) in [6.45, 7) is 0.658. The number of anilines is 1. The van der Waals surface area contributed by atoms with Crippen molar-refractivity contribution in [2.24, 2.45) is 0 Å². The first kappa shape index (κ1) is 27.8. The molecule has 1 N–H and O–H groups in total. The zero-order valence-corrected chi connectivity index (χ0v) is 23.3. The minimum atomic E-state index is -0.540. The highest BCUT2D eigenvalue weighted by Crippen LogP contribution is 2.31. The summed E-state index contributed by atoms with van der Waals surface area (Å²) in [4.78, 5) is 12.7. The molecule has 0 unspecified atom stereocenters. The number of hydrogen-bond donors (Lipinski definition) is 1. The number of ether oxygens (including phenoxy) is 3. The average molecular weight is 604 g/mol. The van der Waals surface area contributed by atoms with Gasteiger partial charge in [0.1, 0.15) is 30.6 Å². The van der Waals surface area contributed by atoms with Crippen LogP contribution in [-0.2, 0) is 18.0 Å². The maximum atomic E-state index is 12.7. The third kappa shape index (κ3) is 7.87. The van der Waals surface area contributed by atoms with Crippen molar-refractivity contribution in [2.75, 3.05) is 12.4 Å². The number of nitriles is 1. The van der Waals surface area contributed by atoms with Crippen molar-refractivity contribution in [1.29, 1.82) is 5.26 Å². The van der Waals surface area contributed by atoms with E-state index in [1.54, 1.807) is 43.5 Å². The summed E-state index contributed by atoms with van der Waals surface area (Å²) in [5.74, 6) is 1.19. The summed E-state index contributed by atoms with van der Waals surface area (Å²) in [5.41, 5.74) is 2.94. The van der Waals surface area contributed by atoms with Gasteiger partial charge in [-0.05, 0) is 71.8 Å². The quantitative estimate of drug-likeness (QED) is 0.148. The Morgan fingerprint density at radius 3 is 2.31 bits per heavy atom. The Bertz CT molecular complexity index is 1520. The third-order valence-corrected chi connectivity index (χ3v) is 6.34. The summed E-state index contributed by atoms with van der Waals surface area (Å²) in [6, 6.07) is 29.5. The zero-order chi connectivity index (χ0) is 27.6. The molecule has 39 heavy (non-hydrogen) atoms. The van der Waals surface area contributed by atoms with E-state index in [0.29, 0.717) is 40.1 Å². The van der Waals surface area contributed by atoms with E-state index in [0.717, 1.165) is 15.6 Å². The first-order valence-electron chi connectivity index (χ1n) is 11.9. The van der Waals surface area contributed by atoms with E-state index in [2.05, 4.69) is 21.2 Å². The second-order valence-corrected chi connectivity index (χ2v) is 9.71. The molecular formula is C31H24BrClN2O4. The lowest BCUT2D eigenvalue weighted by Crippen LogP contribution is -2.13. The van der Waals surface area contributed by atoms with Crippen LogP contribution in [0.25, 0.3) is 6.08 Å². The van der Waals surface area contributed by atoms with Gasteiger partial charge in [-0.1, -0.05) is 63.9 Å². The highest BCUT2D eigenvalue weighted by atomic mass is 79.9. The number of methoxy groups -OCH3 is 1. The van der Waals surface area contributed by atoms with Crippen LogP contribution in [0, 0.1) is 11.3 Å². The first-order valence-corrected chi connectivity index (χ1v) is 13.1. The molecular weight excluding hydrogens is 580 g/mol. The predicted octanol–water partition coefficient (Wildman–Crippen LogP) is 7.81. The van der Waals surface area contributed by atoms with Gasteiger partial charge in [0, 0.05) is 20.7 Å². The molecule has 6 nitrogen and oxygen atoms in total. The van der Waals surface area contributed by atoms with Crippen LogP contribution in [0.15, 0.2) is 101 Å². The topological polar surface area (TPSA) is 80.6 Å². The molecule has 0 bridgehead atoms. The number of carbonyl (C=O) groups excluding carboxylic acids is 1. The summed E-state index contributed by atoms with van der Waals surface area (Å²) in [7, 11) is 1.59. The molecule has 0 fully saturated rings. The van der Waals surface area contributed by atoms with Gasteiger partial charge >= 0.3 is 0 Å². The van der Waals surface area contributed by atoms with Crippen LogP contribution >= 0.6 is 27.5 Å². The van der Waals surface area contributed by atoms with Crippen LogP contribution in [0.5, 0.6) is 17.2 Å². The van der Waals surface area contributed by atoms with Gasteiger partial charge in [-0.2, -0.15) is 5.26 Å². The molecule has 196 valence electrons. The highest BCUT2D eigenvalue weighted by molar-refractivity contribution is 9.10. The highest BCUT2D eigenvalue weighted by Gasteiger charge is 2.13. The molecule has 0 aliphatic carbocycles. The van der Waals surface area contributed by atoms with Crippen molar-refractivity contribution in [1.82, 2.24) is 0 Å². The van der Waals surface area contributed by atoms with E-state index in [-0.39, 0.29) is 12.2 Å². The fourth-order valence-electron chi connectivity index (χ4n) is 3.62. The molecule has 0 aliphatic heterocycles. The maximum absolute atomic E-state index is 12.7. The predicted molar refractivity (Wildman–Crippen MR) is 156 cm³/mol. The number of nitrogens with one attached hydrogen (secondary N) is 1. The van der Waals surface area contributed by atoms with E-state index >= 15 is 0 Å². The Labute approximate surface area is 240 Å². The van der Waals surface area contributed by atoms with Crippen LogP contribution in [0.1, 0.15) is 16.7 Å². The fraction of sp³-hybridized carbons (Fsp3) is 0.0968. The second-order valence-electron chi connectivity index (χ2n) is 8.36. The van der Waals surface area contributed by atoms with Crippen LogP contribution in [-0.4, -0.2) is 13.0 Å². The molecule has 0 radical (unpaired) electrons. The van der Waals surface area contributed by atoms with Crippen molar-refractivity contribution in [2.45, 2.75) is 13.2 Å². The molecule has 0 saturated heterocycles. The molecule has 0 aliphatic rings. The number of nitrogens with zero attached hydrogens (tertiary/aromatic N) is 1. The molecule has 0 heterocycles. The summed E-state index contributed by atoms with van der Waals surface area (Å²) in [6.07, 6.45) is 1.49. The lowest BCUT2D eigenvalue weighted by molar-refractivity contribution is -0.112. The van der Waals surface area contributed by atoms with Gasteiger partial charge < -0.3 is 19.5 Å². The first-order chi connectivity index (χ1) is 18.9. The SMILES string of the molecule is COc1cc(COc2ccc(Br)cc2/C=C(/C#N)C(=O)Nc2ccc(Cl)cc2)ccc1OCc1ccccc1. The third-order valence-electron chi connectivity index (χ3n) is 5.60. The van der Waals surface area contributed by atoms with Gasteiger partial charge in [-0.15, -0.1) is 0 Å². The summed E-state index contributed by atoms with van der Waals surface area (Å²) < 4.78 is 18.3. The molecule has 1 amide bonds. The number of amides is 1. The van der Waals surface area contributed by atoms with E-state index in [1.807, 2.05) is 60.7 Å². The summed E-state index contributed by atoms with van der Waals surface area (Å²) >= 11 is 9.35. The van der Waals surface area contributed by atoms with Gasteiger partial charge in [-0.25, -0.2) is 0 Å². The van der Waals surface area contributed by atoms with Crippen molar-refractivity contribution >= 4 is 45.2 Å². The Hall–Kier alpha value is -4.25. The normalized spacial score (nSPS) is 10.9. The molecule has 0 aromatic heterocycles. The molecule has 0 saturated carbocycles. The largest absolute Gasteiger partial charge is 0.493 e. The number of rotatable bonds is 10. The Kier molecular flexibility index (Phi) is 9.63. The lowest BCUT2D eigenvalue weighted by atomic mass is 10.1. The van der Waals surface area contributed by atoms with Gasteiger partial charge in [0.2, 0.25) is 0 Å². The minimum absolute atomic E-state index is 0.0745. The monoisotopic (exact) mass is 602 g/mol. The van der Waals surface area contributed by atoms with E-state index in [9.17, 15) is 10.1 Å². The minimum Gasteiger partial charge on any atom is -0.493 e. The fourth-order valence-corrected chi connectivity index (χ4v) is 4.12. The zero-order valence-electron chi connectivity index (χ0n) is 21.0. The molecule has 4 aromatic rings. The Morgan fingerprint density at radius 1 is 0.897 bits per heavy atom. The lowest BCUT2D eigenvalue weighted by Gasteiger charge is -2.14. The van der Waals surface area contributed by atoms with Crippen LogP contribution < -0.4 is 19.5 Å². The van der Waals surface area contributed by atoms with Crippen LogP contribution in [0.2, 0.25) is 5.02 Å². The van der Waals surface area contributed by atoms with Gasteiger partial charge in [-0.3, -0.25) is 4.79 Å². The molecule has 8 heteroatoms. The number of carbonyl (C=O) groups is 1. The molecule has 0 spiro atoms. The van der Waals surface area contributed by atoms with Crippen molar-refractivity contribution < 1.29 is 19.0 Å². The number of halogens is 2.